The van der Waals surface area contributed by atoms with Gasteiger partial charge < -0.3 is 19.9 Å². The second-order valence-corrected chi connectivity index (χ2v) is 2.38. The molecule has 0 bridgehead atoms. The van der Waals surface area contributed by atoms with E-state index in [4.69, 9.17) is 5.11 Å². The summed E-state index contributed by atoms with van der Waals surface area (Å²) in [6, 6.07) is -1.10. The number of alkyl carbamates (subject to hydrolysis) is 1. The molecule has 0 aliphatic rings. The normalized spacial score (nSPS) is 14.2. The van der Waals surface area contributed by atoms with Gasteiger partial charge in [0.15, 0.2) is 6.04 Å². The average molecular weight is 191 g/mol. The highest BCUT2D eigenvalue weighted by Crippen LogP contribution is 1.95. The highest BCUT2D eigenvalue weighted by Gasteiger charge is 2.26. The highest BCUT2D eigenvalue weighted by molar-refractivity contribution is 5.81. The van der Waals surface area contributed by atoms with Gasteiger partial charge in [0, 0.05) is 0 Å². The Morgan fingerprint density at radius 3 is 2.15 bits per heavy atom. The smallest absolute Gasteiger partial charge is 0.407 e. The number of amides is 1. The standard InChI is InChI=1S/C7H13NO5/c1-4(9)5(6(10)12-2)8-7(11)13-3/h4-5,9H,1-3H3,(H,8,11)/t4-,5+/m1/s1. The molecule has 0 aromatic heterocycles. The summed E-state index contributed by atoms with van der Waals surface area (Å²) in [4.78, 5) is 21.6. The number of nitrogens with one attached hydrogen (secondary N) is 1. The van der Waals surface area contributed by atoms with E-state index < -0.39 is 24.2 Å². The second-order valence-electron chi connectivity index (χ2n) is 2.38. The van der Waals surface area contributed by atoms with Gasteiger partial charge in [-0.05, 0) is 6.92 Å². The van der Waals surface area contributed by atoms with Crippen LogP contribution in [0.1, 0.15) is 6.92 Å². The molecule has 6 heteroatoms. The van der Waals surface area contributed by atoms with Crippen LogP contribution in [0, 0.1) is 0 Å². The molecule has 1 amide bonds. The van der Waals surface area contributed by atoms with Gasteiger partial charge in [-0.1, -0.05) is 0 Å². The molecule has 76 valence electrons. The number of carbonyl (C=O) groups is 2. The molecule has 0 spiro atoms. The lowest BCUT2D eigenvalue weighted by Crippen LogP contribution is -2.48. The van der Waals surface area contributed by atoms with Crippen molar-refractivity contribution in [1.82, 2.24) is 5.32 Å². The zero-order valence-corrected chi connectivity index (χ0v) is 7.73. The minimum atomic E-state index is -1.10. The van der Waals surface area contributed by atoms with Crippen LogP contribution in [0.4, 0.5) is 4.79 Å². The van der Waals surface area contributed by atoms with Crippen LogP contribution in [0.25, 0.3) is 0 Å². The molecule has 0 rings (SSSR count). The molecule has 0 aliphatic carbocycles. The third-order valence-electron chi connectivity index (χ3n) is 1.40. The fraction of sp³-hybridized carbons (Fsp3) is 0.714. The molecule has 0 saturated carbocycles. The Balaban J connectivity index is 4.26. The maximum Gasteiger partial charge on any atom is 0.407 e. The van der Waals surface area contributed by atoms with E-state index >= 15 is 0 Å². The molecule has 13 heavy (non-hydrogen) atoms. The van der Waals surface area contributed by atoms with E-state index in [2.05, 4.69) is 14.8 Å². The van der Waals surface area contributed by atoms with Gasteiger partial charge in [-0.25, -0.2) is 9.59 Å². The first-order chi connectivity index (χ1) is 6.02. The molecule has 0 fully saturated rings. The number of hydrogen-bond acceptors (Lipinski definition) is 5. The van der Waals surface area contributed by atoms with Crippen molar-refractivity contribution in [3.8, 4) is 0 Å². The van der Waals surface area contributed by atoms with Crippen LogP contribution in [-0.2, 0) is 14.3 Å². The SMILES string of the molecule is COC(=O)N[C@H](C(=O)OC)[C@@H](C)O. The van der Waals surface area contributed by atoms with E-state index in [1.807, 2.05) is 0 Å². The quantitative estimate of drug-likeness (QED) is 0.574. The summed E-state index contributed by atoms with van der Waals surface area (Å²) in [6.07, 6.45) is -1.83. The summed E-state index contributed by atoms with van der Waals surface area (Å²) in [5.74, 6) is -0.722. The fourth-order valence-corrected chi connectivity index (χ4v) is 0.689. The van der Waals surface area contributed by atoms with Gasteiger partial charge in [0.1, 0.15) is 0 Å². The van der Waals surface area contributed by atoms with E-state index in [9.17, 15) is 9.59 Å². The van der Waals surface area contributed by atoms with Crippen LogP contribution >= 0.6 is 0 Å². The van der Waals surface area contributed by atoms with Gasteiger partial charge in [-0.2, -0.15) is 0 Å². The zero-order chi connectivity index (χ0) is 10.4. The number of methoxy groups -OCH3 is 2. The highest BCUT2D eigenvalue weighted by atomic mass is 16.5. The van der Waals surface area contributed by atoms with Gasteiger partial charge in [0.25, 0.3) is 0 Å². The number of esters is 1. The van der Waals surface area contributed by atoms with E-state index in [1.54, 1.807) is 0 Å². The first-order valence-electron chi connectivity index (χ1n) is 3.63. The van der Waals surface area contributed by atoms with Crippen LogP contribution in [0.5, 0.6) is 0 Å². The van der Waals surface area contributed by atoms with E-state index in [0.29, 0.717) is 0 Å². The zero-order valence-electron chi connectivity index (χ0n) is 7.73. The molecule has 0 aromatic rings. The molecule has 2 N–H and O–H groups in total. The van der Waals surface area contributed by atoms with Crippen molar-refractivity contribution >= 4 is 12.1 Å². The first-order valence-corrected chi connectivity index (χ1v) is 3.63. The van der Waals surface area contributed by atoms with Crippen LogP contribution in [0.2, 0.25) is 0 Å². The molecule has 0 unspecified atom stereocenters. The molecule has 2 atom stereocenters. The van der Waals surface area contributed by atoms with Crippen LogP contribution < -0.4 is 5.32 Å². The number of ether oxygens (including phenoxy) is 2. The van der Waals surface area contributed by atoms with Crippen molar-refractivity contribution in [1.29, 1.82) is 0 Å². The lowest BCUT2D eigenvalue weighted by atomic mass is 10.2. The second kappa shape index (κ2) is 5.36. The Bertz CT molecular complexity index is 191. The molecule has 0 aliphatic heterocycles. The summed E-state index contributed by atoms with van der Waals surface area (Å²) in [6.45, 7) is 1.36. The average Bonchev–Trinajstić information content (AvgIpc) is 2.11. The molecule has 6 nitrogen and oxygen atoms in total. The van der Waals surface area contributed by atoms with Gasteiger partial charge in [-0.3, -0.25) is 0 Å². The largest absolute Gasteiger partial charge is 0.467 e. The molecule has 0 saturated heterocycles. The monoisotopic (exact) mass is 191 g/mol. The summed E-state index contributed by atoms with van der Waals surface area (Å²) in [5.41, 5.74) is 0. The predicted molar refractivity (Wildman–Crippen MR) is 43.0 cm³/mol. The number of carbonyl (C=O) groups excluding carboxylic acids is 2. The lowest BCUT2D eigenvalue weighted by Gasteiger charge is -2.17. The van der Waals surface area contributed by atoms with Gasteiger partial charge in [-0.15, -0.1) is 0 Å². The summed E-state index contributed by atoms with van der Waals surface area (Å²) in [7, 11) is 2.32. The Kier molecular flexibility index (Phi) is 4.83. The van der Waals surface area contributed by atoms with Crippen molar-refractivity contribution in [2.24, 2.45) is 0 Å². The van der Waals surface area contributed by atoms with E-state index in [1.165, 1.54) is 6.92 Å². The van der Waals surface area contributed by atoms with E-state index in [0.717, 1.165) is 14.2 Å². The lowest BCUT2D eigenvalue weighted by molar-refractivity contribution is -0.145. The minimum absolute atomic E-state index is 0.722. The van der Waals surface area contributed by atoms with Gasteiger partial charge in [0.05, 0.1) is 20.3 Å². The number of aliphatic hydroxyl groups is 1. The van der Waals surface area contributed by atoms with Crippen molar-refractivity contribution < 1.29 is 24.2 Å². The summed E-state index contributed by atoms with van der Waals surface area (Å²) < 4.78 is 8.61. The molecule has 0 heterocycles. The molecular formula is C7H13NO5. The number of hydrogen-bond donors (Lipinski definition) is 2. The Labute approximate surface area is 75.8 Å². The van der Waals surface area contributed by atoms with Crippen molar-refractivity contribution in [3.63, 3.8) is 0 Å². The van der Waals surface area contributed by atoms with Gasteiger partial charge in [0.2, 0.25) is 0 Å². The first kappa shape index (κ1) is 11.7. The fourth-order valence-electron chi connectivity index (χ4n) is 0.689. The third kappa shape index (κ3) is 3.75. The van der Waals surface area contributed by atoms with Crippen LogP contribution in [-0.4, -0.2) is 43.5 Å². The van der Waals surface area contributed by atoms with Gasteiger partial charge >= 0.3 is 12.1 Å². The Morgan fingerprint density at radius 2 is 1.85 bits per heavy atom. The Morgan fingerprint density at radius 1 is 1.31 bits per heavy atom. The molecule has 0 aromatic carbocycles. The van der Waals surface area contributed by atoms with E-state index in [-0.39, 0.29) is 0 Å². The number of rotatable bonds is 3. The number of aliphatic hydroxyl groups excluding tert-OH is 1. The van der Waals surface area contributed by atoms with Crippen LogP contribution in [0.3, 0.4) is 0 Å². The minimum Gasteiger partial charge on any atom is -0.467 e. The van der Waals surface area contributed by atoms with Crippen molar-refractivity contribution in [3.05, 3.63) is 0 Å². The maximum atomic E-state index is 11.0. The van der Waals surface area contributed by atoms with Crippen LogP contribution in [0.15, 0.2) is 0 Å². The summed E-state index contributed by atoms with van der Waals surface area (Å²) >= 11 is 0. The predicted octanol–water partition coefficient (Wildman–Crippen LogP) is -0.735. The molecule has 0 radical (unpaired) electrons. The third-order valence-corrected chi connectivity index (χ3v) is 1.40. The Hall–Kier alpha value is -1.30. The topological polar surface area (TPSA) is 84.9 Å². The van der Waals surface area contributed by atoms with Crippen molar-refractivity contribution in [2.45, 2.75) is 19.1 Å². The van der Waals surface area contributed by atoms with Crippen molar-refractivity contribution in [2.75, 3.05) is 14.2 Å². The summed E-state index contributed by atoms with van der Waals surface area (Å²) in [5, 5.41) is 11.2. The molecular weight excluding hydrogens is 178 g/mol. The maximum absolute atomic E-state index is 11.0.